The number of carbonyl (C=O) groups is 1. The van der Waals surface area contributed by atoms with Gasteiger partial charge in [-0.15, -0.1) is 0 Å². The highest BCUT2D eigenvalue weighted by Gasteiger charge is 2.14. The third-order valence-electron chi connectivity index (χ3n) is 2.78. The van der Waals surface area contributed by atoms with Gasteiger partial charge in [0.15, 0.2) is 5.88 Å². The molecule has 0 rings (SSSR count). The molecule has 18 heavy (non-hydrogen) atoms. The van der Waals surface area contributed by atoms with Gasteiger partial charge >= 0.3 is 0 Å². The Hall–Kier alpha value is 0.0900. The molecule has 0 aromatic heterocycles. The van der Waals surface area contributed by atoms with Crippen LogP contribution in [0.5, 0.6) is 0 Å². The van der Waals surface area contributed by atoms with Crippen molar-refractivity contribution in [3.63, 3.8) is 0 Å². The lowest BCUT2D eigenvalue weighted by Crippen LogP contribution is -2.32. The highest BCUT2D eigenvalue weighted by atomic mass is 32.2. The molecule has 4 nitrogen and oxygen atoms in total. The van der Waals surface area contributed by atoms with Gasteiger partial charge in [0.05, 0.1) is 0 Å². The third-order valence-corrected chi connectivity index (χ3v) is 5.26. The Bertz CT molecular complexity index is 222. The van der Waals surface area contributed by atoms with Gasteiger partial charge in [-0.25, -0.2) is 0 Å². The van der Waals surface area contributed by atoms with Gasteiger partial charge in [-0.05, 0) is 38.1 Å². The fourth-order valence-corrected chi connectivity index (χ4v) is 4.06. The first-order valence-electron chi connectivity index (χ1n) is 6.57. The second-order valence-electron chi connectivity index (χ2n) is 3.86. The molecule has 0 saturated carbocycles. The molecule has 0 spiro atoms. The Morgan fingerprint density at radius 1 is 1.11 bits per heavy atom. The summed E-state index contributed by atoms with van der Waals surface area (Å²) in [6.45, 7) is 11.4. The monoisotopic (exact) mass is 294 g/mol. The molecule has 6 heteroatoms. The maximum absolute atomic E-state index is 11.8. The average molecular weight is 294 g/mol. The average Bonchev–Trinajstić information content (AvgIpc) is 2.37. The Balaban J connectivity index is 3.79. The summed E-state index contributed by atoms with van der Waals surface area (Å²) in [6, 6.07) is 0. The van der Waals surface area contributed by atoms with Crippen molar-refractivity contribution in [2.45, 2.75) is 27.7 Å². The van der Waals surface area contributed by atoms with Crippen LogP contribution < -0.4 is 0 Å². The van der Waals surface area contributed by atoms with Gasteiger partial charge < -0.3 is 9.45 Å². The standard InChI is InChI=1S/C12H26N2O2S2/c1-5-13(6-2)11-18(16)10-9-17-12(15)14(7-3)8-4/h5-11H2,1-4H3. The number of carbonyl (C=O) groups excluding carboxylic acids is 1. The molecule has 0 aromatic rings. The zero-order chi connectivity index (χ0) is 14.0. The molecule has 0 N–H and O–H groups in total. The van der Waals surface area contributed by atoms with E-state index < -0.39 is 11.2 Å². The quantitative estimate of drug-likeness (QED) is 0.612. The number of rotatable bonds is 9. The van der Waals surface area contributed by atoms with Crippen LogP contribution in [0.3, 0.4) is 0 Å². The van der Waals surface area contributed by atoms with E-state index >= 15 is 0 Å². The Kier molecular flexibility index (Phi) is 11.0. The Morgan fingerprint density at radius 2 is 1.67 bits per heavy atom. The summed E-state index contributed by atoms with van der Waals surface area (Å²) < 4.78 is 11.8. The summed E-state index contributed by atoms with van der Waals surface area (Å²) in [4.78, 5) is 15.6. The van der Waals surface area contributed by atoms with Crippen molar-refractivity contribution in [1.29, 1.82) is 0 Å². The molecular formula is C12H26N2O2S2. The number of thioether (sulfide) groups is 1. The van der Waals surface area contributed by atoms with Crippen LogP contribution in [0.1, 0.15) is 27.7 Å². The summed E-state index contributed by atoms with van der Waals surface area (Å²) in [5.41, 5.74) is 0. The molecule has 0 saturated heterocycles. The van der Waals surface area contributed by atoms with Gasteiger partial charge in [0.25, 0.3) is 5.24 Å². The topological polar surface area (TPSA) is 46.6 Å². The molecule has 0 aliphatic heterocycles. The van der Waals surface area contributed by atoms with Crippen LogP contribution in [0.25, 0.3) is 0 Å². The molecule has 0 radical (unpaired) electrons. The summed E-state index contributed by atoms with van der Waals surface area (Å²) in [5.74, 6) is 1.85. The molecule has 0 aliphatic rings. The fourth-order valence-electron chi connectivity index (χ4n) is 1.47. The normalized spacial score (nSPS) is 12.8. The van der Waals surface area contributed by atoms with Crippen molar-refractivity contribution in [3.8, 4) is 0 Å². The molecule has 1 amide bonds. The van der Waals surface area contributed by atoms with E-state index in [0.717, 1.165) is 26.2 Å². The number of hydrogen-bond donors (Lipinski definition) is 0. The van der Waals surface area contributed by atoms with Crippen molar-refractivity contribution < 1.29 is 9.35 Å². The highest BCUT2D eigenvalue weighted by Crippen LogP contribution is 2.10. The van der Waals surface area contributed by atoms with E-state index in [1.54, 1.807) is 4.90 Å². The summed E-state index contributed by atoms with van der Waals surface area (Å²) in [6.07, 6.45) is 0. The van der Waals surface area contributed by atoms with E-state index in [0.29, 0.717) is 17.4 Å². The largest absolute Gasteiger partial charge is 0.615 e. The number of nitrogens with zero attached hydrogens (tertiary/aromatic N) is 2. The molecule has 0 heterocycles. The molecule has 0 bridgehead atoms. The van der Waals surface area contributed by atoms with Gasteiger partial charge in [-0.3, -0.25) is 9.69 Å². The van der Waals surface area contributed by atoms with Crippen molar-refractivity contribution in [1.82, 2.24) is 9.80 Å². The summed E-state index contributed by atoms with van der Waals surface area (Å²) >= 11 is 0.431. The molecule has 1 atom stereocenters. The lowest BCUT2D eigenvalue weighted by molar-refractivity contribution is 0.228. The zero-order valence-electron chi connectivity index (χ0n) is 12.0. The highest BCUT2D eigenvalue weighted by molar-refractivity contribution is 8.14. The molecular weight excluding hydrogens is 268 g/mol. The SMILES string of the molecule is CCN(CC)C[S+]([O-])CCSC(=O)N(CC)CC. The van der Waals surface area contributed by atoms with Crippen LogP contribution in [0.2, 0.25) is 0 Å². The summed E-state index contributed by atoms with van der Waals surface area (Å²) in [5, 5.41) is 0.0971. The first-order valence-corrected chi connectivity index (χ1v) is 9.05. The van der Waals surface area contributed by atoms with Crippen LogP contribution in [-0.4, -0.2) is 63.2 Å². The first-order chi connectivity index (χ1) is 8.58. The Labute approximate surface area is 119 Å². The zero-order valence-corrected chi connectivity index (χ0v) is 13.6. The van der Waals surface area contributed by atoms with Crippen LogP contribution >= 0.6 is 11.8 Å². The minimum absolute atomic E-state index is 0.0971. The van der Waals surface area contributed by atoms with E-state index in [-0.39, 0.29) is 5.24 Å². The van der Waals surface area contributed by atoms with Crippen LogP contribution in [0.15, 0.2) is 0 Å². The van der Waals surface area contributed by atoms with E-state index in [1.807, 2.05) is 13.8 Å². The van der Waals surface area contributed by atoms with E-state index in [2.05, 4.69) is 18.7 Å². The molecule has 108 valence electrons. The minimum atomic E-state index is -0.849. The van der Waals surface area contributed by atoms with Gasteiger partial charge in [0.2, 0.25) is 0 Å². The third kappa shape index (κ3) is 7.51. The van der Waals surface area contributed by atoms with Gasteiger partial charge in [-0.1, -0.05) is 25.6 Å². The molecule has 0 aromatic carbocycles. The van der Waals surface area contributed by atoms with Gasteiger partial charge in [-0.2, -0.15) is 0 Å². The molecule has 1 unspecified atom stereocenters. The van der Waals surface area contributed by atoms with E-state index in [9.17, 15) is 9.35 Å². The maximum Gasteiger partial charge on any atom is 0.281 e. The van der Waals surface area contributed by atoms with Crippen molar-refractivity contribution >= 4 is 28.2 Å². The van der Waals surface area contributed by atoms with E-state index in [4.69, 9.17) is 0 Å². The summed E-state index contributed by atoms with van der Waals surface area (Å²) in [7, 11) is 0. The second-order valence-corrected chi connectivity index (χ2v) is 6.46. The smallest absolute Gasteiger partial charge is 0.281 e. The van der Waals surface area contributed by atoms with Crippen LogP contribution in [0.4, 0.5) is 4.79 Å². The Morgan fingerprint density at radius 3 is 2.11 bits per heavy atom. The van der Waals surface area contributed by atoms with Crippen molar-refractivity contribution in [3.05, 3.63) is 0 Å². The van der Waals surface area contributed by atoms with Crippen molar-refractivity contribution in [2.24, 2.45) is 0 Å². The van der Waals surface area contributed by atoms with Crippen LogP contribution in [-0.2, 0) is 11.2 Å². The first kappa shape index (κ1) is 18.1. The number of hydrogen-bond acceptors (Lipinski definition) is 4. The number of amides is 1. The predicted molar refractivity (Wildman–Crippen MR) is 81.6 cm³/mol. The lowest BCUT2D eigenvalue weighted by atomic mass is 10.6. The fraction of sp³-hybridized carbons (Fsp3) is 0.917. The van der Waals surface area contributed by atoms with Crippen molar-refractivity contribution in [2.75, 3.05) is 43.6 Å². The molecule has 0 fully saturated rings. The van der Waals surface area contributed by atoms with Gasteiger partial charge in [0.1, 0.15) is 5.75 Å². The minimum Gasteiger partial charge on any atom is -0.615 e. The lowest BCUT2D eigenvalue weighted by Gasteiger charge is -2.21. The maximum atomic E-state index is 11.8. The van der Waals surface area contributed by atoms with Gasteiger partial charge in [0, 0.05) is 18.8 Å². The second kappa shape index (κ2) is 11.0. The molecule has 0 aliphatic carbocycles. The predicted octanol–water partition coefficient (Wildman–Crippen LogP) is 2.23. The van der Waals surface area contributed by atoms with Crippen LogP contribution in [0, 0.1) is 0 Å². The van der Waals surface area contributed by atoms with E-state index in [1.165, 1.54) is 11.8 Å².